The molecule has 0 saturated heterocycles. The highest BCUT2D eigenvalue weighted by atomic mass is 35.5. The van der Waals surface area contributed by atoms with E-state index in [1.807, 2.05) is 26.8 Å². The smallest absolute Gasteiger partial charge is 0.251 e. The minimum atomic E-state index is -0.0990. The van der Waals surface area contributed by atoms with E-state index in [0.29, 0.717) is 5.56 Å². The van der Waals surface area contributed by atoms with Crippen LogP contribution in [-0.4, -0.2) is 24.4 Å². The minimum Gasteiger partial charge on any atom is -0.496 e. The predicted molar refractivity (Wildman–Crippen MR) is 74.6 cm³/mol. The van der Waals surface area contributed by atoms with Gasteiger partial charge in [-0.25, -0.2) is 0 Å². The monoisotopic (exact) mass is 269 g/mol. The summed E-state index contributed by atoms with van der Waals surface area (Å²) < 4.78 is 5.20. The van der Waals surface area contributed by atoms with Gasteiger partial charge >= 0.3 is 0 Å². The molecule has 4 heteroatoms. The average molecular weight is 270 g/mol. The molecule has 2 unspecified atom stereocenters. The summed E-state index contributed by atoms with van der Waals surface area (Å²) >= 11 is 5.90. The fraction of sp³-hybridized carbons (Fsp3) is 0.500. The molecule has 1 rings (SSSR count). The number of hydrogen-bond acceptors (Lipinski definition) is 2. The fourth-order valence-electron chi connectivity index (χ4n) is 1.81. The number of alkyl halides is 1. The standard InChI is InChI=1S/C14H20ClNO2/c1-9-5-6-12(8-13(9)18-4)14(17)16-11(3)7-10(2)15/h5-6,8,10-11H,7H2,1-4H3,(H,16,17). The Labute approximate surface area is 113 Å². The molecule has 18 heavy (non-hydrogen) atoms. The molecule has 1 N–H and O–H groups in total. The van der Waals surface area contributed by atoms with Crippen molar-refractivity contribution in [3.05, 3.63) is 29.3 Å². The Hall–Kier alpha value is -1.22. The van der Waals surface area contributed by atoms with Crippen molar-refractivity contribution in [1.29, 1.82) is 0 Å². The number of carbonyl (C=O) groups excluding carboxylic acids is 1. The van der Waals surface area contributed by atoms with Gasteiger partial charge in [-0.3, -0.25) is 4.79 Å². The quantitative estimate of drug-likeness (QED) is 0.834. The molecule has 0 saturated carbocycles. The number of benzene rings is 1. The van der Waals surface area contributed by atoms with E-state index in [0.717, 1.165) is 17.7 Å². The minimum absolute atomic E-state index is 0.0489. The van der Waals surface area contributed by atoms with Crippen LogP contribution in [0.4, 0.5) is 0 Å². The Kier molecular flexibility index (Phi) is 5.48. The van der Waals surface area contributed by atoms with Crippen LogP contribution in [0.15, 0.2) is 18.2 Å². The van der Waals surface area contributed by atoms with E-state index < -0.39 is 0 Å². The maximum absolute atomic E-state index is 12.0. The molecule has 100 valence electrons. The van der Waals surface area contributed by atoms with Gasteiger partial charge in [0, 0.05) is 17.0 Å². The summed E-state index contributed by atoms with van der Waals surface area (Å²) in [5, 5.41) is 2.97. The first-order valence-electron chi connectivity index (χ1n) is 6.03. The van der Waals surface area contributed by atoms with Crippen molar-refractivity contribution < 1.29 is 9.53 Å². The van der Waals surface area contributed by atoms with Crippen molar-refractivity contribution in [2.45, 2.75) is 38.6 Å². The molecular formula is C14H20ClNO2. The lowest BCUT2D eigenvalue weighted by atomic mass is 10.1. The molecule has 0 aliphatic heterocycles. The van der Waals surface area contributed by atoms with Gasteiger partial charge in [0.25, 0.3) is 5.91 Å². The zero-order chi connectivity index (χ0) is 13.7. The average Bonchev–Trinajstić information content (AvgIpc) is 2.28. The Balaban J connectivity index is 2.72. The summed E-state index contributed by atoms with van der Waals surface area (Å²) in [6.45, 7) is 5.81. The van der Waals surface area contributed by atoms with Crippen molar-refractivity contribution in [2.24, 2.45) is 0 Å². The maximum atomic E-state index is 12.0. The van der Waals surface area contributed by atoms with E-state index in [4.69, 9.17) is 16.3 Å². The van der Waals surface area contributed by atoms with Gasteiger partial charge in [0.15, 0.2) is 0 Å². The SMILES string of the molecule is COc1cc(C(=O)NC(C)CC(C)Cl)ccc1C. The highest BCUT2D eigenvalue weighted by Gasteiger charge is 2.12. The normalized spacial score (nSPS) is 13.8. The van der Waals surface area contributed by atoms with Crippen LogP contribution in [0.5, 0.6) is 5.75 Å². The number of carbonyl (C=O) groups is 1. The van der Waals surface area contributed by atoms with E-state index in [-0.39, 0.29) is 17.3 Å². The third kappa shape index (κ3) is 4.22. The van der Waals surface area contributed by atoms with Crippen LogP contribution in [0, 0.1) is 6.92 Å². The number of aryl methyl sites for hydroxylation is 1. The third-order valence-electron chi connectivity index (χ3n) is 2.73. The van der Waals surface area contributed by atoms with Gasteiger partial charge in [-0.15, -0.1) is 11.6 Å². The van der Waals surface area contributed by atoms with Crippen molar-refractivity contribution in [2.75, 3.05) is 7.11 Å². The zero-order valence-corrected chi connectivity index (χ0v) is 12.0. The molecule has 1 amide bonds. The summed E-state index contributed by atoms with van der Waals surface area (Å²) in [5.41, 5.74) is 1.61. The van der Waals surface area contributed by atoms with Gasteiger partial charge in [0.2, 0.25) is 0 Å². The molecule has 0 heterocycles. The molecule has 0 bridgehead atoms. The first-order chi connectivity index (χ1) is 8.43. The summed E-state index contributed by atoms with van der Waals surface area (Å²) in [4.78, 5) is 12.0. The number of methoxy groups -OCH3 is 1. The Morgan fingerprint density at radius 1 is 1.44 bits per heavy atom. The predicted octanol–water partition coefficient (Wildman–Crippen LogP) is 3.14. The molecule has 0 aliphatic carbocycles. The first-order valence-corrected chi connectivity index (χ1v) is 6.47. The van der Waals surface area contributed by atoms with Crippen molar-refractivity contribution >= 4 is 17.5 Å². The van der Waals surface area contributed by atoms with Gasteiger partial charge in [0.1, 0.15) is 5.75 Å². The Bertz CT molecular complexity index is 418. The van der Waals surface area contributed by atoms with E-state index in [9.17, 15) is 4.79 Å². The highest BCUT2D eigenvalue weighted by Crippen LogP contribution is 2.19. The lowest BCUT2D eigenvalue weighted by Crippen LogP contribution is -2.33. The van der Waals surface area contributed by atoms with E-state index >= 15 is 0 Å². The summed E-state index contributed by atoms with van der Waals surface area (Å²) in [6.07, 6.45) is 0.746. The Morgan fingerprint density at radius 3 is 2.67 bits per heavy atom. The molecule has 1 aromatic rings. The lowest BCUT2D eigenvalue weighted by Gasteiger charge is -2.15. The second-order valence-electron chi connectivity index (χ2n) is 4.58. The van der Waals surface area contributed by atoms with Crippen LogP contribution in [-0.2, 0) is 0 Å². The highest BCUT2D eigenvalue weighted by molar-refractivity contribution is 6.20. The molecule has 3 nitrogen and oxygen atoms in total. The van der Waals surface area contributed by atoms with Crippen LogP contribution in [0.25, 0.3) is 0 Å². The van der Waals surface area contributed by atoms with Crippen LogP contribution >= 0.6 is 11.6 Å². The topological polar surface area (TPSA) is 38.3 Å². The molecule has 1 aromatic carbocycles. The van der Waals surface area contributed by atoms with Crippen LogP contribution in [0.2, 0.25) is 0 Å². The maximum Gasteiger partial charge on any atom is 0.251 e. The summed E-state index contributed by atoms with van der Waals surface area (Å²) in [5.74, 6) is 0.624. The number of halogens is 1. The Morgan fingerprint density at radius 2 is 2.11 bits per heavy atom. The number of nitrogens with one attached hydrogen (secondary N) is 1. The third-order valence-corrected chi connectivity index (χ3v) is 2.90. The van der Waals surface area contributed by atoms with Crippen molar-refractivity contribution in [3.63, 3.8) is 0 Å². The van der Waals surface area contributed by atoms with Crippen molar-refractivity contribution in [1.82, 2.24) is 5.32 Å². The van der Waals surface area contributed by atoms with Crippen LogP contribution < -0.4 is 10.1 Å². The second kappa shape index (κ2) is 6.64. The van der Waals surface area contributed by atoms with Gasteiger partial charge in [-0.2, -0.15) is 0 Å². The largest absolute Gasteiger partial charge is 0.496 e. The number of amides is 1. The number of hydrogen-bond donors (Lipinski definition) is 1. The van der Waals surface area contributed by atoms with Crippen LogP contribution in [0.1, 0.15) is 36.2 Å². The molecule has 0 aliphatic rings. The fourth-order valence-corrected chi connectivity index (χ4v) is 2.08. The van der Waals surface area contributed by atoms with E-state index in [2.05, 4.69) is 5.32 Å². The number of rotatable bonds is 5. The second-order valence-corrected chi connectivity index (χ2v) is 5.32. The lowest BCUT2D eigenvalue weighted by molar-refractivity contribution is 0.0938. The molecule has 0 spiro atoms. The molecule has 0 aromatic heterocycles. The van der Waals surface area contributed by atoms with E-state index in [1.54, 1.807) is 19.2 Å². The van der Waals surface area contributed by atoms with Crippen LogP contribution in [0.3, 0.4) is 0 Å². The van der Waals surface area contributed by atoms with Crippen molar-refractivity contribution in [3.8, 4) is 5.75 Å². The van der Waals surface area contributed by atoms with Gasteiger partial charge in [0.05, 0.1) is 7.11 Å². The first kappa shape index (κ1) is 14.8. The van der Waals surface area contributed by atoms with Gasteiger partial charge < -0.3 is 10.1 Å². The molecule has 0 radical (unpaired) electrons. The van der Waals surface area contributed by atoms with Gasteiger partial charge in [-0.1, -0.05) is 6.07 Å². The molecular weight excluding hydrogens is 250 g/mol. The van der Waals surface area contributed by atoms with E-state index in [1.165, 1.54) is 0 Å². The van der Waals surface area contributed by atoms with Gasteiger partial charge in [-0.05, 0) is 44.9 Å². The zero-order valence-electron chi connectivity index (χ0n) is 11.3. The molecule has 0 fully saturated rings. The summed E-state index contributed by atoms with van der Waals surface area (Å²) in [7, 11) is 1.60. The summed E-state index contributed by atoms with van der Waals surface area (Å²) in [6, 6.07) is 5.48. The number of ether oxygens (including phenoxy) is 1. The molecule has 2 atom stereocenters.